The second-order valence-corrected chi connectivity index (χ2v) is 17.9. The minimum atomic E-state index is -1.19. The van der Waals surface area contributed by atoms with Crippen molar-refractivity contribution in [2.45, 2.75) is 114 Å². The van der Waals surface area contributed by atoms with Crippen molar-refractivity contribution in [1.82, 2.24) is 20.4 Å². The van der Waals surface area contributed by atoms with Crippen LogP contribution in [0, 0.1) is 0 Å². The summed E-state index contributed by atoms with van der Waals surface area (Å²) in [6, 6.07) is 25.2. The number of anilines is 2. The van der Waals surface area contributed by atoms with E-state index in [0.717, 1.165) is 73.6 Å². The molecule has 2 aliphatic heterocycles. The van der Waals surface area contributed by atoms with Crippen molar-refractivity contribution in [3.63, 3.8) is 0 Å². The molecule has 0 saturated carbocycles. The van der Waals surface area contributed by atoms with Crippen LogP contribution < -0.4 is 21.3 Å². The summed E-state index contributed by atoms with van der Waals surface area (Å²) in [5, 5.41) is 11.4. The lowest BCUT2D eigenvalue weighted by molar-refractivity contribution is -0.138. The number of benzene rings is 4. The number of likely N-dealkylation sites (tertiary alicyclic amines) is 2. The third-order valence-corrected chi connectivity index (χ3v) is 13.5. The van der Waals surface area contributed by atoms with Gasteiger partial charge in [0.15, 0.2) is 5.78 Å². The Labute approximate surface area is 397 Å². The highest BCUT2D eigenvalue weighted by molar-refractivity contribution is 6.05. The van der Waals surface area contributed by atoms with Gasteiger partial charge in [0.1, 0.15) is 24.2 Å². The molecular formula is C53H62N6O9. The number of fused-ring (bicyclic) bond motifs is 3. The predicted octanol–water partition coefficient (Wildman–Crippen LogP) is 8.35. The standard InChI is InChI=1S/C53H62N6O9/c1-5-7-15-27-53(28-16-8-6-2)41-30-36(54-47(61)43-22-17-29-58(43)49(63)45(56-51(65)67-3)34-18-11-9-12-19-34)23-25-39(41)40-26-24-37(31-42(40)53)55-48(62)44-32-38(60)33-59(44)50(64)46(57-52(66)68-4)35-20-13-10-14-21-35/h9-14,18-21,23-26,30-31,43-46H,5-8,15-17,22,27-29,32-33H2,1-4H3,(H,54,61)(H,55,62)(H,56,65)(H,57,66)/t43-,44-,45+,46+/m0/s1. The molecule has 4 aromatic carbocycles. The molecule has 0 radical (unpaired) electrons. The second kappa shape index (κ2) is 22.2. The lowest BCUT2D eigenvalue weighted by Crippen LogP contribution is -2.48. The molecule has 2 saturated heterocycles. The highest BCUT2D eigenvalue weighted by Gasteiger charge is 2.45. The molecule has 4 N–H and O–H groups in total. The van der Waals surface area contributed by atoms with Crippen LogP contribution in [-0.4, -0.2) is 90.8 Å². The Bertz CT molecular complexity index is 2490. The lowest BCUT2D eigenvalue weighted by Gasteiger charge is -2.33. The number of unbranched alkanes of at least 4 members (excludes halogenated alkanes) is 4. The third-order valence-electron chi connectivity index (χ3n) is 13.5. The first-order chi connectivity index (χ1) is 32.9. The van der Waals surface area contributed by atoms with E-state index in [-0.39, 0.29) is 24.7 Å². The van der Waals surface area contributed by atoms with Crippen molar-refractivity contribution < 1.29 is 43.0 Å². The number of rotatable bonds is 18. The van der Waals surface area contributed by atoms with Gasteiger partial charge in [-0.2, -0.15) is 0 Å². The van der Waals surface area contributed by atoms with Crippen LogP contribution in [0.15, 0.2) is 97.1 Å². The Morgan fingerprint density at radius 3 is 1.57 bits per heavy atom. The van der Waals surface area contributed by atoms with Gasteiger partial charge in [-0.3, -0.25) is 24.0 Å². The van der Waals surface area contributed by atoms with Crippen molar-refractivity contribution >= 4 is 53.0 Å². The summed E-state index contributed by atoms with van der Waals surface area (Å²) in [4.78, 5) is 97.3. The molecule has 15 heteroatoms. The molecule has 15 nitrogen and oxygen atoms in total. The average molecular weight is 927 g/mol. The van der Waals surface area contributed by atoms with Crippen molar-refractivity contribution in [3.8, 4) is 11.1 Å². The van der Waals surface area contributed by atoms with Gasteiger partial charge >= 0.3 is 12.2 Å². The van der Waals surface area contributed by atoms with E-state index in [1.54, 1.807) is 59.5 Å². The first kappa shape index (κ1) is 48.9. The molecule has 1 aliphatic carbocycles. The maximum atomic E-state index is 14.3. The molecule has 358 valence electrons. The number of Topliss-reactive ketones (excluding diaryl/α,β-unsaturated/α-hetero) is 1. The monoisotopic (exact) mass is 926 g/mol. The fourth-order valence-corrected chi connectivity index (χ4v) is 10.1. The minimum Gasteiger partial charge on any atom is -0.453 e. The zero-order valence-electron chi connectivity index (χ0n) is 39.3. The highest BCUT2D eigenvalue weighted by atomic mass is 16.5. The number of hydrogen-bond acceptors (Lipinski definition) is 9. The molecule has 7 rings (SSSR count). The molecule has 0 unspecified atom stereocenters. The van der Waals surface area contributed by atoms with Gasteiger partial charge < -0.3 is 40.5 Å². The molecule has 0 spiro atoms. The smallest absolute Gasteiger partial charge is 0.407 e. The molecule has 3 aliphatic rings. The van der Waals surface area contributed by atoms with E-state index in [1.807, 2.05) is 36.4 Å². The number of carbonyl (C=O) groups is 7. The van der Waals surface area contributed by atoms with Gasteiger partial charge in [0.05, 0.1) is 20.8 Å². The fraction of sp³-hybridized carbons (Fsp3) is 0.415. The summed E-state index contributed by atoms with van der Waals surface area (Å²) in [5.74, 6) is -2.13. The van der Waals surface area contributed by atoms with Gasteiger partial charge in [-0.15, -0.1) is 0 Å². The minimum absolute atomic E-state index is 0.176. The van der Waals surface area contributed by atoms with Crippen LogP contribution in [0.4, 0.5) is 21.0 Å². The molecule has 68 heavy (non-hydrogen) atoms. The molecule has 2 fully saturated rings. The Hall–Kier alpha value is -7.03. The number of ether oxygens (including phenoxy) is 2. The zero-order chi connectivity index (χ0) is 48.4. The Kier molecular flexibility index (Phi) is 15.9. The Morgan fingerprint density at radius 2 is 1.10 bits per heavy atom. The maximum Gasteiger partial charge on any atom is 0.407 e. The SMILES string of the molecule is CCCCCC1(CCCCC)c2cc(NC(=O)[C@@H]3CCCN3C(=O)[C@H](NC(=O)OC)c3ccccc3)ccc2-c2ccc(NC(=O)[C@@H]3CC(=O)CN3C(=O)[C@H](NC(=O)OC)c3ccccc3)cc21. The largest absolute Gasteiger partial charge is 0.453 e. The van der Waals surface area contributed by atoms with Crippen LogP contribution >= 0.6 is 0 Å². The molecule has 4 atom stereocenters. The van der Waals surface area contributed by atoms with E-state index in [1.165, 1.54) is 19.1 Å². The van der Waals surface area contributed by atoms with Crippen molar-refractivity contribution in [2.75, 3.05) is 37.9 Å². The van der Waals surface area contributed by atoms with Crippen LogP contribution in [0.5, 0.6) is 0 Å². The first-order valence-electron chi connectivity index (χ1n) is 23.8. The number of amides is 6. The summed E-state index contributed by atoms with van der Waals surface area (Å²) < 4.78 is 9.65. The number of carbonyl (C=O) groups excluding carboxylic acids is 7. The molecule has 0 aromatic heterocycles. The van der Waals surface area contributed by atoms with Crippen LogP contribution in [0.2, 0.25) is 0 Å². The van der Waals surface area contributed by atoms with Gasteiger partial charge in [-0.25, -0.2) is 9.59 Å². The Morgan fingerprint density at radius 1 is 0.632 bits per heavy atom. The molecule has 2 heterocycles. The normalized spacial score (nSPS) is 17.6. The van der Waals surface area contributed by atoms with Gasteiger partial charge in [0.2, 0.25) is 11.8 Å². The van der Waals surface area contributed by atoms with E-state index in [4.69, 9.17) is 9.47 Å². The molecular weight excluding hydrogens is 865 g/mol. The number of nitrogens with zero attached hydrogens (tertiary/aromatic N) is 2. The van der Waals surface area contributed by atoms with Gasteiger partial charge in [-0.05, 0) is 83.3 Å². The molecule has 6 amide bonds. The van der Waals surface area contributed by atoms with Crippen LogP contribution in [0.25, 0.3) is 11.1 Å². The average Bonchev–Trinajstić information content (AvgIpc) is 4.08. The van der Waals surface area contributed by atoms with Gasteiger partial charge in [0, 0.05) is 29.8 Å². The van der Waals surface area contributed by atoms with Crippen LogP contribution in [-0.2, 0) is 38.9 Å². The van der Waals surface area contributed by atoms with E-state index in [9.17, 15) is 33.6 Å². The maximum absolute atomic E-state index is 14.3. The number of alkyl carbamates (subject to hydrolysis) is 2. The van der Waals surface area contributed by atoms with Gasteiger partial charge in [-0.1, -0.05) is 125 Å². The van der Waals surface area contributed by atoms with E-state index in [0.29, 0.717) is 41.9 Å². The number of methoxy groups -OCH3 is 2. The Balaban J connectivity index is 1.16. The topological polar surface area (TPSA) is 193 Å². The molecule has 0 bridgehead atoms. The summed E-state index contributed by atoms with van der Waals surface area (Å²) in [6.07, 6.45) is 6.92. The van der Waals surface area contributed by atoms with Crippen molar-refractivity contribution in [3.05, 3.63) is 119 Å². The summed E-state index contributed by atoms with van der Waals surface area (Å²) in [6.45, 7) is 4.41. The quantitative estimate of drug-likeness (QED) is 0.0710. The lowest BCUT2D eigenvalue weighted by atomic mass is 9.70. The first-order valence-corrected chi connectivity index (χ1v) is 23.8. The number of ketones is 1. The zero-order valence-corrected chi connectivity index (χ0v) is 39.3. The van der Waals surface area contributed by atoms with E-state index in [2.05, 4.69) is 41.2 Å². The predicted molar refractivity (Wildman–Crippen MR) is 258 cm³/mol. The van der Waals surface area contributed by atoms with Gasteiger partial charge in [0.25, 0.3) is 11.8 Å². The summed E-state index contributed by atoms with van der Waals surface area (Å²) in [7, 11) is 2.43. The fourth-order valence-electron chi connectivity index (χ4n) is 10.1. The van der Waals surface area contributed by atoms with Crippen molar-refractivity contribution in [2.24, 2.45) is 0 Å². The molecule has 4 aromatic rings. The van der Waals surface area contributed by atoms with E-state index >= 15 is 0 Å². The van der Waals surface area contributed by atoms with Crippen molar-refractivity contribution in [1.29, 1.82) is 0 Å². The second-order valence-electron chi connectivity index (χ2n) is 17.9. The van der Waals surface area contributed by atoms with Crippen LogP contribution in [0.1, 0.15) is 119 Å². The summed E-state index contributed by atoms with van der Waals surface area (Å²) >= 11 is 0. The number of nitrogens with one attached hydrogen (secondary N) is 4. The highest BCUT2D eigenvalue weighted by Crippen LogP contribution is 2.55. The van der Waals surface area contributed by atoms with Crippen LogP contribution in [0.3, 0.4) is 0 Å². The number of hydrogen-bond donors (Lipinski definition) is 4. The third kappa shape index (κ3) is 10.6. The summed E-state index contributed by atoms with van der Waals surface area (Å²) in [5.41, 5.74) is 5.89. The van der Waals surface area contributed by atoms with E-state index < -0.39 is 59.5 Å².